The van der Waals surface area contributed by atoms with Crippen LogP contribution in [0.25, 0.3) is 0 Å². The normalized spacial score (nSPS) is 11.8. The molecule has 3 nitrogen and oxygen atoms in total. The van der Waals surface area contributed by atoms with E-state index in [1.54, 1.807) is 0 Å². The fourth-order valence-corrected chi connectivity index (χ4v) is 2.44. The van der Waals surface area contributed by atoms with Crippen LogP contribution in [-0.4, -0.2) is 12.5 Å². The van der Waals surface area contributed by atoms with Gasteiger partial charge in [0.1, 0.15) is 5.75 Å². The molecule has 1 atom stereocenters. The smallest absolute Gasteiger partial charge is 0.262 e. The summed E-state index contributed by atoms with van der Waals surface area (Å²) >= 11 is 0. The summed E-state index contributed by atoms with van der Waals surface area (Å²) in [6.45, 7) is 8.32. The number of anilines is 1. The number of hydrogen-bond donors (Lipinski definition) is 1. The summed E-state index contributed by atoms with van der Waals surface area (Å²) in [6, 6.07) is 13.9. The van der Waals surface area contributed by atoms with E-state index >= 15 is 0 Å². The molecule has 3 heteroatoms. The van der Waals surface area contributed by atoms with Crippen LogP contribution in [0.2, 0.25) is 0 Å². The van der Waals surface area contributed by atoms with Gasteiger partial charge in [-0.25, -0.2) is 0 Å². The number of aryl methyl sites for hydroxylation is 2. The van der Waals surface area contributed by atoms with Crippen molar-refractivity contribution in [3.05, 3.63) is 59.2 Å². The molecule has 0 saturated carbocycles. The molecule has 2 rings (SSSR count). The van der Waals surface area contributed by atoms with Crippen LogP contribution in [0.15, 0.2) is 42.5 Å². The molecule has 1 amide bonds. The van der Waals surface area contributed by atoms with Gasteiger partial charge in [0.05, 0.1) is 0 Å². The van der Waals surface area contributed by atoms with Crippen molar-refractivity contribution in [1.29, 1.82) is 0 Å². The molecule has 0 aliphatic rings. The minimum Gasteiger partial charge on any atom is -0.483 e. The van der Waals surface area contributed by atoms with Gasteiger partial charge in [-0.15, -0.1) is 0 Å². The van der Waals surface area contributed by atoms with Crippen molar-refractivity contribution in [1.82, 2.24) is 0 Å². The highest BCUT2D eigenvalue weighted by Gasteiger charge is 2.11. The van der Waals surface area contributed by atoms with E-state index in [2.05, 4.69) is 25.2 Å². The van der Waals surface area contributed by atoms with Crippen molar-refractivity contribution in [3.63, 3.8) is 0 Å². The Morgan fingerprint density at radius 1 is 1.17 bits per heavy atom. The third-order valence-corrected chi connectivity index (χ3v) is 4.09. The van der Waals surface area contributed by atoms with Crippen LogP contribution < -0.4 is 10.1 Å². The topological polar surface area (TPSA) is 38.3 Å². The minimum absolute atomic E-state index is 0.0147. The molecule has 0 aromatic heterocycles. The molecule has 0 fully saturated rings. The maximum absolute atomic E-state index is 12.2. The summed E-state index contributed by atoms with van der Waals surface area (Å²) in [5.74, 6) is 1.06. The van der Waals surface area contributed by atoms with Crippen molar-refractivity contribution >= 4 is 11.6 Å². The largest absolute Gasteiger partial charge is 0.483 e. The number of ether oxygens (including phenoxy) is 1. The number of benzene rings is 2. The van der Waals surface area contributed by atoms with Crippen LogP contribution in [0.5, 0.6) is 5.75 Å². The van der Waals surface area contributed by atoms with Crippen molar-refractivity contribution in [3.8, 4) is 5.75 Å². The monoisotopic (exact) mass is 311 g/mol. The molecule has 2 aromatic carbocycles. The Morgan fingerprint density at radius 2 is 1.91 bits per heavy atom. The van der Waals surface area contributed by atoms with Gasteiger partial charge in [0, 0.05) is 5.69 Å². The second kappa shape index (κ2) is 7.82. The summed E-state index contributed by atoms with van der Waals surface area (Å²) in [7, 11) is 0. The molecule has 122 valence electrons. The summed E-state index contributed by atoms with van der Waals surface area (Å²) in [5.41, 5.74) is 4.15. The molecule has 0 radical (unpaired) electrons. The molecule has 23 heavy (non-hydrogen) atoms. The number of carbonyl (C=O) groups is 1. The van der Waals surface area contributed by atoms with Gasteiger partial charge in [-0.3, -0.25) is 4.79 Å². The molecule has 0 aliphatic heterocycles. The lowest BCUT2D eigenvalue weighted by molar-refractivity contribution is -0.118. The molecular weight excluding hydrogens is 286 g/mol. The van der Waals surface area contributed by atoms with Crippen LogP contribution in [-0.2, 0) is 4.79 Å². The van der Waals surface area contributed by atoms with Crippen LogP contribution in [0.3, 0.4) is 0 Å². The Labute approximate surface area is 138 Å². The van der Waals surface area contributed by atoms with Crippen molar-refractivity contribution < 1.29 is 9.53 Å². The van der Waals surface area contributed by atoms with Gasteiger partial charge in [-0.1, -0.05) is 44.2 Å². The Kier molecular flexibility index (Phi) is 5.80. The Morgan fingerprint density at radius 3 is 2.65 bits per heavy atom. The van der Waals surface area contributed by atoms with Gasteiger partial charge in [-0.2, -0.15) is 0 Å². The highest BCUT2D eigenvalue weighted by atomic mass is 16.5. The summed E-state index contributed by atoms with van der Waals surface area (Å²) in [4.78, 5) is 12.2. The van der Waals surface area contributed by atoms with Crippen molar-refractivity contribution in [2.75, 3.05) is 11.9 Å². The van der Waals surface area contributed by atoms with Gasteiger partial charge >= 0.3 is 0 Å². The number of carbonyl (C=O) groups excluding carboxylic acids is 1. The number of amides is 1. The number of hydrogen-bond acceptors (Lipinski definition) is 2. The predicted molar refractivity (Wildman–Crippen MR) is 95.2 cm³/mol. The van der Waals surface area contributed by atoms with Gasteiger partial charge in [0.15, 0.2) is 6.61 Å². The molecular formula is C20H25NO2. The van der Waals surface area contributed by atoms with Gasteiger partial charge in [0.2, 0.25) is 0 Å². The molecule has 0 heterocycles. The highest BCUT2D eigenvalue weighted by Crippen LogP contribution is 2.28. The fourth-order valence-electron chi connectivity index (χ4n) is 2.44. The molecule has 0 aliphatic carbocycles. The van der Waals surface area contributed by atoms with Crippen LogP contribution >= 0.6 is 0 Å². The zero-order valence-corrected chi connectivity index (χ0v) is 14.3. The zero-order valence-electron chi connectivity index (χ0n) is 14.3. The SMILES string of the molecule is CC[C@H](C)c1ccccc1OCC(=O)Nc1cc(C)ccc1C. The van der Waals surface area contributed by atoms with Crippen LogP contribution in [0.4, 0.5) is 5.69 Å². The summed E-state index contributed by atoms with van der Waals surface area (Å²) in [5, 5.41) is 2.92. The van der Waals surface area contributed by atoms with E-state index < -0.39 is 0 Å². The maximum atomic E-state index is 12.2. The maximum Gasteiger partial charge on any atom is 0.262 e. The van der Waals surface area contributed by atoms with Gasteiger partial charge < -0.3 is 10.1 Å². The molecule has 1 N–H and O–H groups in total. The van der Waals surface area contributed by atoms with Crippen LogP contribution in [0.1, 0.15) is 42.9 Å². The minimum atomic E-state index is -0.141. The number of nitrogens with one attached hydrogen (secondary N) is 1. The van der Waals surface area contributed by atoms with Crippen molar-refractivity contribution in [2.45, 2.75) is 40.0 Å². The first-order valence-corrected chi connectivity index (χ1v) is 8.10. The standard InChI is InChI=1S/C20H25NO2/c1-5-15(3)17-8-6-7-9-19(17)23-13-20(22)21-18-12-14(2)10-11-16(18)4/h6-12,15H,5,13H2,1-4H3,(H,21,22)/t15-/m0/s1. The third-order valence-electron chi connectivity index (χ3n) is 4.09. The first kappa shape index (κ1) is 17.1. The molecule has 0 saturated heterocycles. The van der Waals surface area contributed by atoms with E-state index in [1.165, 1.54) is 0 Å². The lowest BCUT2D eigenvalue weighted by Gasteiger charge is -2.16. The lowest BCUT2D eigenvalue weighted by Crippen LogP contribution is -2.21. The third kappa shape index (κ3) is 4.59. The Hall–Kier alpha value is -2.29. The van der Waals surface area contributed by atoms with E-state index in [0.29, 0.717) is 5.92 Å². The summed E-state index contributed by atoms with van der Waals surface area (Å²) in [6.07, 6.45) is 1.04. The predicted octanol–water partition coefficient (Wildman–Crippen LogP) is 4.83. The fraction of sp³-hybridized carbons (Fsp3) is 0.350. The first-order chi connectivity index (χ1) is 11.0. The molecule has 0 bridgehead atoms. The number of rotatable bonds is 6. The first-order valence-electron chi connectivity index (χ1n) is 8.10. The quantitative estimate of drug-likeness (QED) is 0.829. The highest BCUT2D eigenvalue weighted by molar-refractivity contribution is 5.92. The Bertz CT molecular complexity index is 679. The number of para-hydroxylation sites is 1. The molecule has 0 spiro atoms. The average molecular weight is 311 g/mol. The van der Waals surface area contributed by atoms with Crippen molar-refractivity contribution in [2.24, 2.45) is 0 Å². The van der Waals surface area contributed by atoms with E-state index in [1.807, 2.05) is 50.2 Å². The van der Waals surface area contributed by atoms with E-state index in [-0.39, 0.29) is 12.5 Å². The zero-order chi connectivity index (χ0) is 16.8. The van der Waals surface area contributed by atoms with E-state index in [4.69, 9.17) is 4.74 Å². The van der Waals surface area contributed by atoms with E-state index in [0.717, 1.165) is 34.5 Å². The second-order valence-electron chi connectivity index (χ2n) is 6.00. The summed E-state index contributed by atoms with van der Waals surface area (Å²) < 4.78 is 5.75. The lowest BCUT2D eigenvalue weighted by atomic mass is 9.98. The Balaban J connectivity index is 2.01. The van der Waals surface area contributed by atoms with Crippen LogP contribution in [0, 0.1) is 13.8 Å². The van der Waals surface area contributed by atoms with E-state index in [9.17, 15) is 4.79 Å². The molecule has 2 aromatic rings. The average Bonchev–Trinajstić information content (AvgIpc) is 2.56. The van der Waals surface area contributed by atoms with Gasteiger partial charge in [0.25, 0.3) is 5.91 Å². The van der Waals surface area contributed by atoms with Gasteiger partial charge in [-0.05, 0) is 55.0 Å². The second-order valence-corrected chi connectivity index (χ2v) is 6.00. The molecule has 0 unspecified atom stereocenters.